The summed E-state index contributed by atoms with van der Waals surface area (Å²) in [5.74, 6) is -0.194. The molecule has 1 N–H and O–H groups in total. The van der Waals surface area contributed by atoms with E-state index in [1.165, 1.54) is 4.90 Å². The van der Waals surface area contributed by atoms with Crippen LogP contribution in [-0.2, 0) is 9.53 Å². The average molecular weight is 273 g/mol. The number of rotatable bonds is 3. The second-order valence-corrected chi connectivity index (χ2v) is 6.11. The molecule has 0 spiro atoms. The van der Waals surface area contributed by atoms with Crippen LogP contribution in [0.4, 0.5) is 4.79 Å². The highest BCUT2D eigenvalue weighted by atomic mass is 16.5. The van der Waals surface area contributed by atoms with Gasteiger partial charge in [0.1, 0.15) is 6.10 Å². The lowest BCUT2D eigenvalue weighted by atomic mass is 9.90. The van der Waals surface area contributed by atoms with Crippen LogP contribution in [0.15, 0.2) is 0 Å². The van der Waals surface area contributed by atoms with Gasteiger partial charge in [-0.15, -0.1) is 0 Å². The Morgan fingerprint density at radius 3 is 2.32 bits per heavy atom. The molecular formula is C14H25NO4. The number of nitrogens with zero attached hydrogens (tertiary/aromatic N) is 1. The zero-order chi connectivity index (χ0) is 15.5. The quantitative estimate of drug-likeness (QED) is 0.803. The molecular weight excluding hydrogens is 246 g/mol. The zero-order valence-corrected chi connectivity index (χ0v) is 12.4. The molecule has 2 unspecified atom stereocenters. The highest BCUT2D eigenvalue weighted by Gasteiger charge is 2.37. The van der Waals surface area contributed by atoms with Crippen molar-refractivity contribution in [3.8, 4) is 0 Å². The minimum absolute atomic E-state index is 0.112. The minimum Gasteiger partial charge on any atom is -0.465 e. The summed E-state index contributed by atoms with van der Waals surface area (Å²) in [5.41, 5.74) is -0.482. The summed E-state index contributed by atoms with van der Waals surface area (Å²) in [4.78, 5) is 25.2. The summed E-state index contributed by atoms with van der Waals surface area (Å²) in [6.07, 6.45) is 1.04. The van der Waals surface area contributed by atoms with Gasteiger partial charge in [-0.25, -0.2) is 4.79 Å². The molecule has 0 bridgehead atoms. The summed E-state index contributed by atoms with van der Waals surface area (Å²) in [6.45, 7) is 9.44. The van der Waals surface area contributed by atoms with Crippen LogP contribution >= 0.6 is 0 Å². The molecule has 5 heteroatoms. The number of carboxylic acid groups (broad SMARTS) is 1. The van der Waals surface area contributed by atoms with Crippen molar-refractivity contribution in [1.82, 2.24) is 4.90 Å². The predicted molar refractivity (Wildman–Crippen MR) is 72.0 cm³/mol. The van der Waals surface area contributed by atoms with E-state index >= 15 is 0 Å². The number of piperidine rings is 1. The average Bonchev–Trinajstić information content (AvgIpc) is 2.37. The van der Waals surface area contributed by atoms with Gasteiger partial charge in [-0.1, -0.05) is 6.92 Å². The topological polar surface area (TPSA) is 66.8 Å². The van der Waals surface area contributed by atoms with E-state index in [-0.39, 0.29) is 24.2 Å². The maximum atomic E-state index is 12.1. The van der Waals surface area contributed by atoms with E-state index in [1.54, 1.807) is 0 Å². The molecule has 2 atom stereocenters. The Hall–Kier alpha value is -1.26. The highest BCUT2D eigenvalue weighted by Crippen LogP contribution is 2.29. The van der Waals surface area contributed by atoms with Crippen LogP contribution in [0.1, 0.15) is 53.9 Å². The van der Waals surface area contributed by atoms with Crippen molar-refractivity contribution >= 4 is 12.1 Å². The van der Waals surface area contributed by atoms with Gasteiger partial charge in [0.05, 0.1) is 5.41 Å². The van der Waals surface area contributed by atoms with Gasteiger partial charge in [-0.3, -0.25) is 4.79 Å². The molecule has 1 fully saturated rings. The summed E-state index contributed by atoms with van der Waals surface area (Å²) < 4.78 is 12.3. The fourth-order valence-electron chi connectivity index (χ4n) is 2.43. The third-order valence-electron chi connectivity index (χ3n) is 4.08. The first-order valence-electron chi connectivity index (χ1n) is 7.30. The minimum atomic E-state index is -0.649. The van der Waals surface area contributed by atoms with Crippen molar-refractivity contribution in [3.63, 3.8) is 0 Å². The van der Waals surface area contributed by atoms with Crippen LogP contribution in [0.25, 0.3) is 1.43 Å². The van der Waals surface area contributed by atoms with E-state index < -0.39 is 11.5 Å². The molecule has 0 aromatic rings. The van der Waals surface area contributed by atoms with Gasteiger partial charge in [-0.05, 0) is 34.1 Å². The van der Waals surface area contributed by atoms with E-state index in [1.807, 2.05) is 34.6 Å². The van der Waals surface area contributed by atoms with Gasteiger partial charge < -0.3 is 14.7 Å². The highest BCUT2D eigenvalue weighted by molar-refractivity contribution is 5.76. The van der Waals surface area contributed by atoms with E-state index in [0.29, 0.717) is 12.8 Å². The molecule has 0 aromatic carbocycles. The van der Waals surface area contributed by atoms with Crippen LogP contribution < -0.4 is 0 Å². The Bertz CT molecular complexity index is 360. The van der Waals surface area contributed by atoms with Gasteiger partial charge in [0.25, 0.3) is 1.43 Å². The second kappa shape index (κ2) is 5.80. The SMILES string of the molecule is [3H]OC(=O)N1C(C)CC(OC(=O)C(C)(C)CC)CC1C. The Balaban J connectivity index is 2.66. The summed E-state index contributed by atoms with van der Waals surface area (Å²) in [6, 6.07) is -0.224. The largest absolute Gasteiger partial charge is 0.465 e. The van der Waals surface area contributed by atoms with Crippen LogP contribution in [0.5, 0.6) is 0 Å². The van der Waals surface area contributed by atoms with Crippen LogP contribution in [-0.4, -0.2) is 40.3 Å². The van der Waals surface area contributed by atoms with Crippen molar-refractivity contribution < 1.29 is 19.4 Å². The van der Waals surface area contributed by atoms with Crippen LogP contribution in [0, 0.1) is 5.41 Å². The lowest BCUT2D eigenvalue weighted by Crippen LogP contribution is -2.52. The normalized spacial score (nSPS) is 28.6. The Morgan fingerprint density at radius 2 is 1.89 bits per heavy atom. The van der Waals surface area contributed by atoms with Crippen molar-refractivity contribution in [1.29, 1.82) is 1.43 Å². The van der Waals surface area contributed by atoms with Crippen molar-refractivity contribution in [2.75, 3.05) is 0 Å². The lowest BCUT2D eigenvalue weighted by molar-refractivity contribution is -0.163. The van der Waals surface area contributed by atoms with Gasteiger partial charge in [0.15, 0.2) is 0 Å². The molecule has 1 aliphatic rings. The predicted octanol–water partition coefficient (Wildman–Crippen LogP) is 2.89. The number of ether oxygens (including phenoxy) is 1. The molecule has 1 amide bonds. The van der Waals surface area contributed by atoms with E-state index in [4.69, 9.17) is 6.17 Å². The molecule has 1 aliphatic heterocycles. The van der Waals surface area contributed by atoms with E-state index in [9.17, 15) is 9.59 Å². The van der Waals surface area contributed by atoms with Crippen molar-refractivity contribution in [2.45, 2.75) is 72.1 Å². The first-order chi connectivity index (χ1) is 9.22. The Labute approximate surface area is 116 Å². The summed E-state index contributed by atoms with van der Waals surface area (Å²) in [5, 5.41) is 4.05. The molecule has 1 heterocycles. The molecule has 0 saturated carbocycles. The number of amides is 1. The molecule has 0 radical (unpaired) electrons. The van der Waals surface area contributed by atoms with Crippen molar-refractivity contribution in [2.24, 2.45) is 5.41 Å². The van der Waals surface area contributed by atoms with Gasteiger partial charge in [0, 0.05) is 24.9 Å². The third-order valence-corrected chi connectivity index (χ3v) is 4.08. The summed E-state index contributed by atoms with van der Waals surface area (Å²) >= 11 is 0. The summed E-state index contributed by atoms with van der Waals surface area (Å²) in [7, 11) is 0. The Morgan fingerprint density at radius 1 is 1.37 bits per heavy atom. The number of hydrogen-bond donors (Lipinski definition) is 1. The number of hydrogen-bond acceptors (Lipinski definition) is 4. The van der Waals surface area contributed by atoms with Gasteiger partial charge >= 0.3 is 12.1 Å². The number of likely N-dealkylation sites (tertiary alicyclic amines) is 1. The standard InChI is InChI=1S/C14H25NO4/c1-6-14(4,5)12(16)19-11-7-9(2)15(13(17)18)10(3)8-11/h9-11H,6-8H2,1-5H3,(H,17,18)/i/hT. The number of carbonyl (C=O) groups excluding carboxylic acids is 1. The molecule has 1 saturated heterocycles. The van der Waals surface area contributed by atoms with Gasteiger partial charge in [-0.2, -0.15) is 0 Å². The molecule has 0 aromatic heterocycles. The van der Waals surface area contributed by atoms with Crippen LogP contribution in [0.3, 0.4) is 0 Å². The molecule has 19 heavy (non-hydrogen) atoms. The smallest absolute Gasteiger partial charge is 0.407 e. The second-order valence-electron chi connectivity index (χ2n) is 6.11. The zero-order valence-electron chi connectivity index (χ0n) is 13.4. The molecule has 0 aliphatic carbocycles. The Kier molecular flexibility index (Phi) is 4.32. The van der Waals surface area contributed by atoms with Crippen LogP contribution in [0.2, 0.25) is 0 Å². The monoisotopic (exact) mass is 273 g/mol. The van der Waals surface area contributed by atoms with Gasteiger partial charge in [0.2, 0.25) is 0 Å². The fraction of sp³-hybridized carbons (Fsp3) is 0.857. The number of esters is 1. The molecule has 5 nitrogen and oxygen atoms in total. The maximum Gasteiger partial charge on any atom is 0.407 e. The molecule has 1 rings (SSSR count). The fourth-order valence-corrected chi connectivity index (χ4v) is 2.43. The number of carbonyl (C=O) groups is 2. The van der Waals surface area contributed by atoms with E-state index in [0.717, 1.165) is 6.42 Å². The van der Waals surface area contributed by atoms with Crippen molar-refractivity contribution in [3.05, 3.63) is 0 Å². The lowest BCUT2D eigenvalue weighted by Gasteiger charge is -2.41. The molecule has 110 valence electrons. The first kappa shape index (κ1) is 14.2. The first-order valence-corrected chi connectivity index (χ1v) is 6.89. The maximum absolute atomic E-state index is 12.1. The van der Waals surface area contributed by atoms with E-state index in [2.05, 4.69) is 5.11 Å². The third kappa shape index (κ3) is 3.61.